The Morgan fingerprint density at radius 1 is 1.50 bits per heavy atom. The molecule has 0 fully saturated rings. The molecule has 0 radical (unpaired) electrons. The molecule has 96 valence electrons. The van der Waals surface area contributed by atoms with Gasteiger partial charge in [0.1, 0.15) is 5.82 Å². The zero-order chi connectivity index (χ0) is 13.1. The average Bonchev–Trinajstić information content (AvgIpc) is 2.70. The molecular formula is C13H15ClFN3. The predicted octanol–water partition coefficient (Wildman–Crippen LogP) is 2.61. The summed E-state index contributed by atoms with van der Waals surface area (Å²) >= 11 is 5.97. The molecule has 2 rings (SSSR count). The van der Waals surface area contributed by atoms with Crippen LogP contribution in [0.3, 0.4) is 0 Å². The molecule has 0 saturated heterocycles. The molecular weight excluding hydrogens is 253 g/mol. The molecule has 0 spiro atoms. The Bertz CT molecular complexity index is 517. The number of rotatable bonds is 4. The molecule has 0 saturated carbocycles. The largest absolute Gasteiger partial charge is 0.328 e. The topological polar surface area (TPSA) is 43.8 Å². The number of nitrogens with zero attached hydrogens (tertiary/aromatic N) is 2. The number of halogens is 2. The third-order valence-electron chi connectivity index (χ3n) is 2.63. The predicted molar refractivity (Wildman–Crippen MR) is 70.1 cm³/mol. The third kappa shape index (κ3) is 3.09. The van der Waals surface area contributed by atoms with Gasteiger partial charge in [0.05, 0.1) is 12.7 Å². The lowest BCUT2D eigenvalue weighted by Gasteiger charge is -2.06. The van der Waals surface area contributed by atoms with Gasteiger partial charge in [-0.15, -0.1) is 0 Å². The third-order valence-corrected chi connectivity index (χ3v) is 2.98. The molecule has 0 aliphatic heterocycles. The Morgan fingerprint density at radius 3 is 2.94 bits per heavy atom. The van der Waals surface area contributed by atoms with E-state index in [0.29, 0.717) is 17.1 Å². The molecule has 0 aliphatic carbocycles. The second-order valence-corrected chi connectivity index (χ2v) is 4.83. The Morgan fingerprint density at radius 2 is 2.28 bits per heavy atom. The minimum absolute atomic E-state index is 0.0831. The molecule has 1 aromatic carbocycles. The molecule has 5 heteroatoms. The SMILES string of the molecule is CC(N)Cc1cnn(Cc2c(F)cccc2Cl)c1. The van der Waals surface area contributed by atoms with Crippen molar-refractivity contribution in [1.82, 2.24) is 9.78 Å². The van der Waals surface area contributed by atoms with Gasteiger partial charge in [-0.2, -0.15) is 5.10 Å². The van der Waals surface area contributed by atoms with Crippen LogP contribution in [-0.4, -0.2) is 15.8 Å². The maximum atomic E-state index is 13.6. The van der Waals surface area contributed by atoms with Gasteiger partial charge in [0.15, 0.2) is 0 Å². The fourth-order valence-corrected chi connectivity index (χ4v) is 2.04. The van der Waals surface area contributed by atoms with Crippen LogP contribution in [0, 0.1) is 5.82 Å². The van der Waals surface area contributed by atoms with Gasteiger partial charge < -0.3 is 5.73 Å². The molecule has 2 N–H and O–H groups in total. The van der Waals surface area contributed by atoms with E-state index in [9.17, 15) is 4.39 Å². The smallest absolute Gasteiger partial charge is 0.129 e. The van der Waals surface area contributed by atoms with E-state index < -0.39 is 0 Å². The van der Waals surface area contributed by atoms with Crippen molar-refractivity contribution in [2.24, 2.45) is 5.73 Å². The molecule has 18 heavy (non-hydrogen) atoms. The van der Waals surface area contributed by atoms with Crippen molar-refractivity contribution in [3.05, 3.63) is 52.6 Å². The zero-order valence-corrected chi connectivity index (χ0v) is 10.9. The van der Waals surface area contributed by atoms with Crippen molar-refractivity contribution < 1.29 is 4.39 Å². The van der Waals surface area contributed by atoms with Crippen LogP contribution in [0.5, 0.6) is 0 Å². The van der Waals surface area contributed by atoms with Crippen molar-refractivity contribution in [2.45, 2.75) is 25.9 Å². The highest BCUT2D eigenvalue weighted by Gasteiger charge is 2.09. The molecule has 0 bridgehead atoms. The second-order valence-electron chi connectivity index (χ2n) is 4.43. The van der Waals surface area contributed by atoms with Crippen LogP contribution >= 0.6 is 11.6 Å². The summed E-state index contributed by atoms with van der Waals surface area (Å²) < 4.78 is 15.3. The van der Waals surface area contributed by atoms with Gasteiger partial charge in [-0.3, -0.25) is 4.68 Å². The van der Waals surface area contributed by atoms with Gasteiger partial charge in [-0.25, -0.2) is 4.39 Å². The van der Waals surface area contributed by atoms with E-state index in [0.717, 1.165) is 12.0 Å². The molecule has 1 unspecified atom stereocenters. The fourth-order valence-electron chi connectivity index (χ4n) is 1.82. The fraction of sp³-hybridized carbons (Fsp3) is 0.308. The van der Waals surface area contributed by atoms with Gasteiger partial charge >= 0.3 is 0 Å². The minimum atomic E-state index is -0.313. The first-order valence-corrected chi connectivity index (χ1v) is 6.14. The number of benzene rings is 1. The van der Waals surface area contributed by atoms with Crippen LogP contribution in [0.4, 0.5) is 4.39 Å². The standard InChI is InChI=1S/C13H15ClFN3/c1-9(16)5-10-6-17-18(7-10)8-11-12(14)3-2-4-13(11)15/h2-4,6-7,9H,5,8,16H2,1H3. The van der Waals surface area contributed by atoms with E-state index in [1.807, 2.05) is 13.1 Å². The lowest BCUT2D eigenvalue weighted by molar-refractivity contribution is 0.585. The summed E-state index contributed by atoms with van der Waals surface area (Å²) in [7, 11) is 0. The summed E-state index contributed by atoms with van der Waals surface area (Å²) in [6.07, 6.45) is 4.37. The molecule has 1 aromatic heterocycles. The number of aromatic nitrogens is 2. The summed E-state index contributed by atoms with van der Waals surface area (Å²) in [6.45, 7) is 2.26. The number of hydrogen-bond donors (Lipinski definition) is 1. The zero-order valence-electron chi connectivity index (χ0n) is 10.1. The van der Waals surface area contributed by atoms with E-state index in [1.54, 1.807) is 23.0 Å². The normalized spacial score (nSPS) is 12.7. The van der Waals surface area contributed by atoms with Gasteiger partial charge in [-0.1, -0.05) is 17.7 Å². The summed E-state index contributed by atoms with van der Waals surface area (Å²) in [5, 5.41) is 4.60. The lowest BCUT2D eigenvalue weighted by atomic mass is 10.1. The molecule has 1 atom stereocenters. The van der Waals surface area contributed by atoms with Crippen LogP contribution in [-0.2, 0) is 13.0 Å². The van der Waals surface area contributed by atoms with Crippen molar-refractivity contribution in [3.8, 4) is 0 Å². The van der Waals surface area contributed by atoms with E-state index >= 15 is 0 Å². The van der Waals surface area contributed by atoms with Gasteiger partial charge in [0.2, 0.25) is 0 Å². The van der Waals surface area contributed by atoms with E-state index in [1.165, 1.54) is 6.07 Å². The molecule has 0 aliphatic rings. The Balaban J connectivity index is 2.16. The highest BCUT2D eigenvalue weighted by Crippen LogP contribution is 2.20. The summed E-state index contributed by atoms with van der Waals surface area (Å²) in [5.74, 6) is -0.313. The van der Waals surface area contributed by atoms with Crippen LogP contribution in [0.2, 0.25) is 5.02 Å². The summed E-state index contributed by atoms with van der Waals surface area (Å²) in [6, 6.07) is 4.74. The number of hydrogen-bond acceptors (Lipinski definition) is 2. The van der Waals surface area contributed by atoms with Crippen molar-refractivity contribution in [2.75, 3.05) is 0 Å². The van der Waals surface area contributed by atoms with Gasteiger partial charge in [0, 0.05) is 22.8 Å². The van der Waals surface area contributed by atoms with Crippen LogP contribution in [0.1, 0.15) is 18.1 Å². The Labute approximate surface area is 110 Å². The highest BCUT2D eigenvalue weighted by molar-refractivity contribution is 6.31. The van der Waals surface area contributed by atoms with E-state index in [2.05, 4.69) is 5.10 Å². The maximum absolute atomic E-state index is 13.6. The summed E-state index contributed by atoms with van der Waals surface area (Å²) in [5.41, 5.74) is 7.21. The van der Waals surface area contributed by atoms with Crippen LogP contribution in [0.15, 0.2) is 30.6 Å². The van der Waals surface area contributed by atoms with Gasteiger partial charge in [-0.05, 0) is 31.0 Å². The van der Waals surface area contributed by atoms with Gasteiger partial charge in [0.25, 0.3) is 0 Å². The Hall–Kier alpha value is -1.39. The first-order chi connectivity index (χ1) is 8.56. The molecule has 3 nitrogen and oxygen atoms in total. The Kier molecular flexibility index (Phi) is 3.99. The van der Waals surface area contributed by atoms with E-state index in [-0.39, 0.29) is 11.9 Å². The quantitative estimate of drug-likeness (QED) is 0.925. The minimum Gasteiger partial charge on any atom is -0.328 e. The lowest BCUT2D eigenvalue weighted by Crippen LogP contribution is -2.17. The second kappa shape index (κ2) is 5.50. The first-order valence-electron chi connectivity index (χ1n) is 5.76. The average molecular weight is 268 g/mol. The molecule has 2 aromatic rings. The highest BCUT2D eigenvalue weighted by atomic mass is 35.5. The van der Waals surface area contributed by atoms with E-state index in [4.69, 9.17) is 17.3 Å². The summed E-state index contributed by atoms with van der Waals surface area (Å²) in [4.78, 5) is 0. The van der Waals surface area contributed by atoms with Crippen LogP contribution in [0.25, 0.3) is 0 Å². The van der Waals surface area contributed by atoms with Crippen molar-refractivity contribution in [1.29, 1.82) is 0 Å². The first kappa shape index (κ1) is 13.1. The van der Waals surface area contributed by atoms with Crippen LogP contribution < -0.4 is 5.73 Å². The molecule has 0 amide bonds. The molecule has 1 heterocycles. The maximum Gasteiger partial charge on any atom is 0.129 e. The van der Waals surface area contributed by atoms with Crippen molar-refractivity contribution in [3.63, 3.8) is 0 Å². The monoisotopic (exact) mass is 267 g/mol. The number of nitrogens with two attached hydrogens (primary N) is 1. The van der Waals surface area contributed by atoms with Crippen molar-refractivity contribution >= 4 is 11.6 Å².